The maximum absolute atomic E-state index is 12.1. The summed E-state index contributed by atoms with van der Waals surface area (Å²) in [6, 6.07) is 8.29. The Morgan fingerprint density at radius 3 is 2.30 bits per heavy atom. The smallest absolute Gasteiger partial charge is 0.251 e. The molecule has 2 rings (SSSR count). The van der Waals surface area contributed by atoms with Gasteiger partial charge in [0.2, 0.25) is 5.91 Å². The van der Waals surface area contributed by atoms with Crippen molar-refractivity contribution in [2.24, 2.45) is 0 Å². The molecule has 1 aliphatic heterocycles. The van der Waals surface area contributed by atoms with Crippen LogP contribution in [0, 0.1) is 0 Å². The number of nitrogens with one attached hydrogen (secondary N) is 1. The Balaban J connectivity index is 2.03. The van der Waals surface area contributed by atoms with Gasteiger partial charge in [0.1, 0.15) is 0 Å². The van der Waals surface area contributed by atoms with Gasteiger partial charge in [0.05, 0.1) is 6.04 Å². The molecule has 1 aliphatic rings. The van der Waals surface area contributed by atoms with E-state index in [1.165, 1.54) is 18.7 Å². The van der Waals surface area contributed by atoms with E-state index < -0.39 is 6.04 Å². The monoisotopic (exact) mass is 274 g/mol. The van der Waals surface area contributed by atoms with Crippen LogP contribution < -0.4 is 5.32 Å². The average Bonchev–Trinajstić information content (AvgIpc) is 2.84. The highest BCUT2D eigenvalue weighted by molar-refractivity contribution is 5.94. The summed E-state index contributed by atoms with van der Waals surface area (Å²) < 4.78 is 0. The fourth-order valence-corrected chi connectivity index (χ4v) is 2.53. The quantitative estimate of drug-likeness (QED) is 0.894. The first-order valence-corrected chi connectivity index (χ1v) is 6.62. The van der Waals surface area contributed by atoms with Gasteiger partial charge in [0.15, 0.2) is 5.78 Å². The highest BCUT2D eigenvalue weighted by atomic mass is 16.2. The molecule has 1 saturated heterocycles. The number of Topliss-reactive ketones (excluding diaryl/α,β-unsaturated/α-hetero) is 1. The van der Waals surface area contributed by atoms with Gasteiger partial charge < -0.3 is 10.2 Å². The highest BCUT2D eigenvalue weighted by Crippen LogP contribution is 2.19. The zero-order chi connectivity index (χ0) is 14.7. The predicted octanol–water partition coefficient (Wildman–Crippen LogP) is 0.995. The third-order valence-corrected chi connectivity index (χ3v) is 3.55. The predicted molar refractivity (Wildman–Crippen MR) is 74.2 cm³/mol. The van der Waals surface area contributed by atoms with Crippen molar-refractivity contribution < 1.29 is 14.4 Å². The lowest BCUT2D eigenvalue weighted by Crippen LogP contribution is -2.39. The van der Waals surface area contributed by atoms with E-state index in [2.05, 4.69) is 5.32 Å². The first kappa shape index (κ1) is 14.2. The summed E-state index contributed by atoms with van der Waals surface area (Å²) in [5, 5.41) is 2.88. The first-order chi connectivity index (χ1) is 9.49. The van der Waals surface area contributed by atoms with Crippen LogP contribution in [-0.2, 0) is 9.59 Å². The van der Waals surface area contributed by atoms with Gasteiger partial charge in [0, 0.05) is 25.1 Å². The minimum Gasteiger partial charge on any atom is -0.347 e. The summed E-state index contributed by atoms with van der Waals surface area (Å²) in [5.74, 6) is -0.360. The maximum atomic E-state index is 12.1. The standard InChI is InChI=1S/C15H18N2O3/c1-10(18)14-8-13(9-17(14)11(2)19)16-15(20)12-6-4-3-5-7-12/h3-7,13-14H,8-9H2,1-2H3,(H,16,20). The minimum atomic E-state index is -0.423. The van der Waals surface area contributed by atoms with Crippen LogP contribution in [0.1, 0.15) is 30.6 Å². The summed E-state index contributed by atoms with van der Waals surface area (Å²) in [7, 11) is 0. The molecule has 0 saturated carbocycles. The molecular weight excluding hydrogens is 256 g/mol. The fourth-order valence-electron chi connectivity index (χ4n) is 2.53. The van der Waals surface area contributed by atoms with Crippen LogP contribution >= 0.6 is 0 Å². The number of carbonyl (C=O) groups is 3. The molecule has 20 heavy (non-hydrogen) atoms. The molecule has 1 fully saturated rings. The lowest BCUT2D eigenvalue weighted by Gasteiger charge is -2.20. The van der Waals surface area contributed by atoms with Crippen molar-refractivity contribution in [3.8, 4) is 0 Å². The number of rotatable bonds is 3. The van der Waals surface area contributed by atoms with Gasteiger partial charge >= 0.3 is 0 Å². The SMILES string of the molecule is CC(=O)C1CC(NC(=O)c2ccccc2)CN1C(C)=O. The Labute approximate surface area is 118 Å². The number of hydrogen-bond donors (Lipinski definition) is 1. The molecule has 5 nitrogen and oxygen atoms in total. The molecule has 2 atom stereocenters. The van der Waals surface area contributed by atoms with Gasteiger partial charge in [-0.1, -0.05) is 18.2 Å². The van der Waals surface area contributed by atoms with E-state index in [-0.39, 0.29) is 23.6 Å². The van der Waals surface area contributed by atoms with Gasteiger partial charge in [-0.15, -0.1) is 0 Å². The Morgan fingerprint density at radius 2 is 1.80 bits per heavy atom. The van der Waals surface area contributed by atoms with E-state index in [1.807, 2.05) is 6.07 Å². The van der Waals surface area contributed by atoms with Gasteiger partial charge in [-0.05, 0) is 25.5 Å². The lowest BCUT2D eigenvalue weighted by molar-refractivity contribution is -0.135. The van der Waals surface area contributed by atoms with Crippen molar-refractivity contribution >= 4 is 17.6 Å². The summed E-state index contributed by atoms with van der Waals surface area (Å²) in [5.41, 5.74) is 0.577. The Hall–Kier alpha value is -2.17. The normalized spacial score (nSPS) is 21.6. The van der Waals surface area contributed by atoms with Crippen molar-refractivity contribution in [2.45, 2.75) is 32.4 Å². The number of amides is 2. The van der Waals surface area contributed by atoms with Crippen LogP contribution in [0.3, 0.4) is 0 Å². The topological polar surface area (TPSA) is 66.5 Å². The van der Waals surface area contributed by atoms with Gasteiger partial charge in [-0.2, -0.15) is 0 Å². The third kappa shape index (κ3) is 3.04. The number of hydrogen-bond acceptors (Lipinski definition) is 3. The van der Waals surface area contributed by atoms with Crippen LogP contribution in [0.2, 0.25) is 0 Å². The number of likely N-dealkylation sites (tertiary alicyclic amines) is 1. The summed E-state index contributed by atoms with van der Waals surface area (Å²) >= 11 is 0. The molecule has 2 amide bonds. The molecule has 0 spiro atoms. The van der Waals surface area contributed by atoms with Gasteiger partial charge in [-0.3, -0.25) is 14.4 Å². The molecule has 0 radical (unpaired) electrons. The Bertz CT molecular complexity index is 505. The molecule has 0 aliphatic carbocycles. The number of ketones is 1. The van der Waals surface area contributed by atoms with Crippen LogP contribution in [0.5, 0.6) is 0 Å². The minimum absolute atomic E-state index is 0.0448. The molecule has 0 bridgehead atoms. The van der Waals surface area contributed by atoms with E-state index in [4.69, 9.17) is 0 Å². The van der Waals surface area contributed by atoms with Gasteiger partial charge in [0.25, 0.3) is 5.91 Å². The zero-order valence-corrected chi connectivity index (χ0v) is 11.6. The summed E-state index contributed by atoms with van der Waals surface area (Å²) in [4.78, 5) is 36.7. The molecule has 1 aromatic carbocycles. The van der Waals surface area contributed by atoms with Crippen LogP contribution in [-0.4, -0.2) is 41.1 Å². The van der Waals surface area contributed by atoms with Crippen molar-refractivity contribution in [1.29, 1.82) is 0 Å². The molecule has 2 unspecified atom stereocenters. The molecular formula is C15H18N2O3. The summed E-state index contributed by atoms with van der Waals surface area (Å²) in [6.45, 7) is 3.30. The largest absolute Gasteiger partial charge is 0.347 e. The zero-order valence-electron chi connectivity index (χ0n) is 11.6. The van der Waals surface area contributed by atoms with Gasteiger partial charge in [-0.25, -0.2) is 0 Å². The maximum Gasteiger partial charge on any atom is 0.251 e. The van der Waals surface area contributed by atoms with E-state index in [1.54, 1.807) is 24.3 Å². The average molecular weight is 274 g/mol. The van der Waals surface area contributed by atoms with Crippen molar-refractivity contribution in [3.63, 3.8) is 0 Å². The Morgan fingerprint density at radius 1 is 1.15 bits per heavy atom. The fraction of sp³-hybridized carbons (Fsp3) is 0.400. The van der Waals surface area contributed by atoms with Crippen molar-refractivity contribution in [2.75, 3.05) is 6.54 Å². The van der Waals surface area contributed by atoms with E-state index >= 15 is 0 Å². The second-order valence-corrected chi connectivity index (χ2v) is 5.07. The molecule has 106 valence electrons. The summed E-state index contributed by atoms with van der Waals surface area (Å²) in [6.07, 6.45) is 0.480. The van der Waals surface area contributed by atoms with E-state index in [0.717, 1.165) is 0 Å². The number of carbonyl (C=O) groups excluding carboxylic acids is 3. The molecule has 1 heterocycles. The van der Waals surface area contributed by atoms with E-state index in [9.17, 15) is 14.4 Å². The first-order valence-electron chi connectivity index (χ1n) is 6.62. The molecule has 0 aromatic heterocycles. The van der Waals surface area contributed by atoms with E-state index in [0.29, 0.717) is 18.5 Å². The van der Waals surface area contributed by atoms with Crippen LogP contribution in [0.4, 0.5) is 0 Å². The second kappa shape index (κ2) is 5.86. The third-order valence-electron chi connectivity index (χ3n) is 3.55. The molecule has 1 aromatic rings. The molecule has 1 N–H and O–H groups in total. The lowest BCUT2D eigenvalue weighted by atomic mass is 10.1. The Kier molecular flexibility index (Phi) is 4.17. The van der Waals surface area contributed by atoms with Crippen molar-refractivity contribution in [1.82, 2.24) is 10.2 Å². The number of benzene rings is 1. The van der Waals surface area contributed by atoms with Crippen molar-refractivity contribution in [3.05, 3.63) is 35.9 Å². The number of nitrogens with zero attached hydrogens (tertiary/aromatic N) is 1. The second-order valence-electron chi connectivity index (χ2n) is 5.07. The molecule has 5 heteroatoms. The van der Waals surface area contributed by atoms with Crippen LogP contribution in [0.15, 0.2) is 30.3 Å². The highest BCUT2D eigenvalue weighted by Gasteiger charge is 2.37. The van der Waals surface area contributed by atoms with Crippen LogP contribution in [0.25, 0.3) is 0 Å².